The van der Waals surface area contributed by atoms with Gasteiger partial charge in [0.2, 0.25) is 0 Å². The van der Waals surface area contributed by atoms with Crippen molar-refractivity contribution in [3.8, 4) is 11.1 Å². The maximum atomic E-state index is 12.7. The van der Waals surface area contributed by atoms with Gasteiger partial charge in [-0.1, -0.05) is 104 Å². The number of hydrogen-bond acceptors (Lipinski definition) is 0. The molecule has 0 fully saturated rings. The van der Waals surface area contributed by atoms with Crippen molar-refractivity contribution in [1.82, 2.24) is 0 Å². The van der Waals surface area contributed by atoms with Crippen molar-refractivity contribution in [3.05, 3.63) is 170 Å². The van der Waals surface area contributed by atoms with Gasteiger partial charge in [-0.25, -0.2) is 11.6 Å². The molecular weight excluding hydrogens is 901 g/mol. The third-order valence-electron chi connectivity index (χ3n) is 11.6. The van der Waals surface area contributed by atoms with E-state index < -0.39 is 23.5 Å². The molecule has 0 unspecified atom stereocenters. The Kier molecular flexibility index (Phi) is 15.1. The summed E-state index contributed by atoms with van der Waals surface area (Å²) >= 11 is 0.729. The summed E-state index contributed by atoms with van der Waals surface area (Å²) < 4.78 is 76.7. The molecule has 5 aromatic rings. The first-order valence-corrected chi connectivity index (χ1v) is 21.4. The molecule has 0 aromatic heterocycles. The van der Waals surface area contributed by atoms with Gasteiger partial charge in [-0.05, 0) is 58.4 Å². The van der Waals surface area contributed by atoms with Gasteiger partial charge >= 0.3 is 137 Å². The SMILES string of the molecule is CC1=[C-]C(C)(C)c2cc3c(cc21)-c1cc2c(cc1C3)C(C)(C)C=C2C.CCCc1cc(C(C)(C)C)c[cH-]1.FC(F)(F)c1cccc([C](=[Zr+2])c2cccc(C(F)(F)F)c2)c1.[Cl-].[Cl-]. The topological polar surface area (TPSA) is 0 Å². The fourth-order valence-corrected chi connectivity index (χ4v) is 9.31. The summed E-state index contributed by atoms with van der Waals surface area (Å²) in [6.07, 6.45) is 0.625. The maximum Gasteiger partial charge on any atom is -1.00 e. The van der Waals surface area contributed by atoms with Gasteiger partial charge in [-0.2, -0.15) is 28.8 Å². The molecule has 0 bridgehead atoms. The molecular formula is C52H52Cl2F6Zr-2. The van der Waals surface area contributed by atoms with E-state index in [0.717, 1.165) is 54.9 Å². The average Bonchev–Trinajstić information content (AvgIpc) is 3.88. The van der Waals surface area contributed by atoms with Crippen molar-refractivity contribution in [2.24, 2.45) is 0 Å². The monoisotopic (exact) mass is 950 g/mol. The summed E-state index contributed by atoms with van der Waals surface area (Å²) in [6.45, 7) is 22.7. The smallest absolute Gasteiger partial charge is 1.00 e. The molecule has 0 radical (unpaired) electrons. The Morgan fingerprint density at radius 1 is 0.689 bits per heavy atom. The molecule has 0 spiro atoms. The van der Waals surface area contributed by atoms with E-state index in [1.54, 1.807) is 0 Å². The van der Waals surface area contributed by atoms with Crippen LogP contribution in [0, 0.1) is 6.08 Å². The molecule has 8 rings (SSSR count). The zero-order valence-electron chi connectivity index (χ0n) is 36.4. The zero-order chi connectivity index (χ0) is 43.5. The normalized spacial score (nSPS) is 15.2. The van der Waals surface area contributed by atoms with Gasteiger partial charge in [-0.15, -0.1) is 11.6 Å². The van der Waals surface area contributed by atoms with Crippen LogP contribution in [0.5, 0.6) is 0 Å². The summed E-state index contributed by atoms with van der Waals surface area (Å²) in [6, 6.07) is 25.8. The Hall–Kier alpha value is -3.38. The van der Waals surface area contributed by atoms with Crippen molar-refractivity contribution in [3.63, 3.8) is 0 Å². The van der Waals surface area contributed by atoms with Crippen LogP contribution in [0.2, 0.25) is 0 Å². The molecule has 0 heterocycles. The molecule has 0 saturated carbocycles. The Bertz CT molecular complexity index is 2340. The Morgan fingerprint density at radius 3 is 1.67 bits per heavy atom. The van der Waals surface area contributed by atoms with Crippen LogP contribution in [0.3, 0.4) is 0 Å². The first-order valence-electron chi connectivity index (χ1n) is 20.2. The van der Waals surface area contributed by atoms with Crippen molar-refractivity contribution in [2.45, 2.75) is 117 Å². The van der Waals surface area contributed by atoms with Crippen LogP contribution < -0.4 is 24.8 Å². The summed E-state index contributed by atoms with van der Waals surface area (Å²) in [5.41, 5.74) is 16.7. The van der Waals surface area contributed by atoms with E-state index in [4.69, 9.17) is 0 Å². The second-order valence-electron chi connectivity index (χ2n) is 18.3. The van der Waals surface area contributed by atoms with E-state index in [9.17, 15) is 26.3 Å². The quantitative estimate of drug-likeness (QED) is 0.122. The molecule has 3 aliphatic carbocycles. The molecule has 0 N–H and O–H groups in total. The molecule has 0 nitrogen and oxygen atoms in total. The predicted molar refractivity (Wildman–Crippen MR) is 228 cm³/mol. The van der Waals surface area contributed by atoms with Gasteiger partial charge in [0, 0.05) is 5.41 Å². The number of fused-ring (bicyclic) bond motifs is 5. The van der Waals surface area contributed by atoms with E-state index in [0.29, 0.717) is 8.62 Å². The molecule has 0 amide bonds. The number of rotatable bonds is 4. The van der Waals surface area contributed by atoms with Crippen molar-refractivity contribution in [2.75, 3.05) is 0 Å². The largest absolute Gasteiger partial charge is 1.00 e. The third kappa shape index (κ3) is 10.9. The summed E-state index contributed by atoms with van der Waals surface area (Å²) in [5, 5.41) is 0. The summed E-state index contributed by atoms with van der Waals surface area (Å²) in [5.74, 6) is 0. The molecule has 9 heteroatoms. The van der Waals surface area contributed by atoms with Crippen LogP contribution in [0.25, 0.3) is 22.3 Å². The molecule has 0 saturated heterocycles. The second-order valence-corrected chi connectivity index (χ2v) is 19.5. The van der Waals surface area contributed by atoms with Crippen molar-refractivity contribution >= 4 is 14.4 Å². The first kappa shape index (κ1) is 50.3. The van der Waals surface area contributed by atoms with E-state index in [-0.39, 0.29) is 46.8 Å². The summed E-state index contributed by atoms with van der Waals surface area (Å²) in [7, 11) is 0. The predicted octanol–water partition coefficient (Wildman–Crippen LogP) is 8.95. The number of benzene rings is 4. The average molecular weight is 953 g/mol. The number of allylic oxidation sites excluding steroid dienone is 4. The number of halogens is 8. The van der Waals surface area contributed by atoms with Gasteiger partial charge < -0.3 is 24.8 Å². The molecule has 3 aliphatic rings. The van der Waals surface area contributed by atoms with Crippen molar-refractivity contribution in [1.29, 1.82) is 0 Å². The Morgan fingerprint density at radius 2 is 1.20 bits per heavy atom. The van der Waals surface area contributed by atoms with E-state index in [2.05, 4.69) is 124 Å². The molecule has 0 atom stereocenters. The minimum absolute atomic E-state index is 0. The Balaban J connectivity index is 0.000000210. The second kappa shape index (κ2) is 18.4. The third-order valence-corrected chi connectivity index (χ3v) is 13.0. The fraction of sp³-hybridized carbons (Fsp3) is 0.346. The number of alkyl halides is 6. The van der Waals surface area contributed by atoms with Crippen LogP contribution in [-0.4, -0.2) is 3.21 Å². The summed E-state index contributed by atoms with van der Waals surface area (Å²) in [4.78, 5) is 0. The maximum absolute atomic E-state index is 12.7. The first-order chi connectivity index (χ1) is 27.3. The van der Waals surface area contributed by atoms with Gasteiger partial charge in [0.15, 0.2) is 0 Å². The number of hydrogen-bond donors (Lipinski definition) is 0. The van der Waals surface area contributed by atoms with Gasteiger partial charge in [0.05, 0.1) is 0 Å². The van der Waals surface area contributed by atoms with E-state index in [1.165, 1.54) is 104 Å². The van der Waals surface area contributed by atoms with Crippen molar-refractivity contribution < 1.29 is 75.4 Å². The zero-order valence-corrected chi connectivity index (χ0v) is 40.4. The van der Waals surface area contributed by atoms with Crippen LogP contribution >= 0.6 is 0 Å². The Labute approximate surface area is 385 Å². The van der Waals surface area contributed by atoms with Crippen LogP contribution in [0.1, 0.15) is 142 Å². The minimum atomic E-state index is -4.49. The van der Waals surface area contributed by atoms with Crippen LogP contribution in [-0.2, 0) is 65.7 Å². The molecule has 5 aromatic carbocycles. The van der Waals surface area contributed by atoms with Gasteiger partial charge in [0.25, 0.3) is 0 Å². The fourth-order valence-electron chi connectivity index (χ4n) is 8.55. The van der Waals surface area contributed by atoms with Gasteiger partial charge in [0.1, 0.15) is 0 Å². The van der Waals surface area contributed by atoms with E-state index in [1.807, 2.05) is 0 Å². The minimum Gasteiger partial charge on any atom is -1.00 e. The van der Waals surface area contributed by atoms with Crippen LogP contribution in [0.15, 0.2) is 97.1 Å². The molecule has 322 valence electrons. The molecule has 0 aliphatic heterocycles. The molecule has 61 heavy (non-hydrogen) atoms. The number of aryl methyl sites for hydroxylation is 1. The van der Waals surface area contributed by atoms with Gasteiger partial charge in [-0.3, -0.25) is 6.08 Å². The van der Waals surface area contributed by atoms with E-state index >= 15 is 0 Å². The standard InChI is InChI=1S/C25H25.C15H8F6.C12H19.2ClH.Zr/c1-14-12-24(3,4)22-8-16-7-17-9-23-19(15(2)13-25(23,5)6)11-21(17)20(16)10-18(14)22;16-14(17,18)12-5-1-3-10(8-12)7-11-4-2-6-13(9-11)15(19,20)21;1-5-6-10-7-8-11(9-10)12(2,3)4;;;/h8-12H,7H2,1-6H3;1-6,8-9H;7-9H,5-6H2,1-4H3;2*1H;/q-1;;-1;;;+2/p-2. The van der Waals surface area contributed by atoms with Crippen LogP contribution in [0.4, 0.5) is 26.3 Å².